The van der Waals surface area contributed by atoms with Gasteiger partial charge in [-0.3, -0.25) is 0 Å². The summed E-state index contributed by atoms with van der Waals surface area (Å²) in [7, 11) is 0. The molecule has 0 aromatic carbocycles. The van der Waals surface area contributed by atoms with Crippen molar-refractivity contribution in [1.82, 2.24) is 0 Å². The molecular weight excluding hydrogens is 318 g/mol. The van der Waals surface area contributed by atoms with E-state index in [0.29, 0.717) is 0 Å². The number of rotatable bonds is 2. The van der Waals surface area contributed by atoms with Gasteiger partial charge in [0.2, 0.25) is 0 Å². The Balaban J connectivity index is 1.58. The molecule has 0 aliphatic carbocycles. The molecule has 0 bridgehead atoms. The van der Waals surface area contributed by atoms with E-state index >= 15 is 0 Å². The summed E-state index contributed by atoms with van der Waals surface area (Å²) in [6.45, 7) is 0. The first-order valence-electron chi connectivity index (χ1n) is 4.44. The van der Waals surface area contributed by atoms with E-state index in [1.54, 1.807) is 11.7 Å². The third-order valence-electron chi connectivity index (χ3n) is 2.43. The van der Waals surface area contributed by atoms with Gasteiger partial charge in [-0.2, -0.15) is 0 Å². The fourth-order valence-corrected chi connectivity index (χ4v) is 14.8. The standard InChI is InChI=1S/C8H12S2Se2/c1-2-11-8(6-4-10-6)12-7(1)5-3-9-5/h5-8H,1-4H2. The molecule has 0 N–H and O–H groups in total. The molecule has 0 saturated carbocycles. The third kappa shape index (κ3) is 2.04. The summed E-state index contributed by atoms with van der Waals surface area (Å²) in [6.07, 6.45) is 1.60. The van der Waals surface area contributed by atoms with Crippen LogP contribution in [0.15, 0.2) is 0 Å². The summed E-state index contributed by atoms with van der Waals surface area (Å²) < 4.78 is 1.25. The average Bonchev–Trinajstić information content (AvgIpc) is 2.98. The first-order valence-corrected chi connectivity index (χ1v) is 10.7. The van der Waals surface area contributed by atoms with Crippen LogP contribution < -0.4 is 0 Å². The van der Waals surface area contributed by atoms with Crippen LogP contribution >= 0.6 is 23.5 Å². The molecule has 3 aliphatic heterocycles. The molecule has 4 unspecified atom stereocenters. The van der Waals surface area contributed by atoms with Crippen LogP contribution in [0.25, 0.3) is 0 Å². The zero-order valence-electron chi connectivity index (χ0n) is 6.77. The van der Waals surface area contributed by atoms with Gasteiger partial charge in [0.1, 0.15) is 0 Å². The van der Waals surface area contributed by atoms with Crippen molar-refractivity contribution in [2.45, 2.75) is 30.8 Å². The van der Waals surface area contributed by atoms with Crippen LogP contribution in [0.5, 0.6) is 0 Å². The number of thioether (sulfide) groups is 2. The van der Waals surface area contributed by atoms with Crippen molar-refractivity contribution in [3.63, 3.8) is 0 Å². The second-order valence-electron chi connectivity index (χ2n) is 3.45. The van der Waals surface area contributed by atoms with Crippen molar-refractivity contribution in [2.24, 2.45) is 0 Å². The third-order valence-corrected chi connectivity index (χ3v) is 13.9. The van der Waals surface area contributed by atoms with Gasteiger partial charge in [0.05, 0.1) is 0 Å². The molecule has 3 fully saturated rings. The number of hydrogen-bond acceptors (Lipinski definition) is 2. The minimum atomic E-state index is 1.04. The quantitative estimate of drug-likeness (QED) is 0.561. The van der Waals surface area contributed by atoms with Crippen molar-refractivity contribution in [3.8, 4) is 0 Å². The Bertz CT molecular complexity index is 162. The minimum absolute atomic E-state index is 1.04. The molecule has 0 nitrogen and oxygen atoms in total. The molecular formula is C8H12S2Se2. The van der Waals surface area contributed by atoms with E-state index in [4.69, 9.17) is 0 Å². The van der Waals surface area contributed by atoms with E-state index < -0.39 is 0 Å². The van der Waals surface area contributed by atoms with Crippen molar-refractivity contribution in [2.75, 3.05) is 11.5 Å². The summed E-state index contributed by atoms with van der Waals surface area (Å²) in [4.78, 5) is 1.20. The zero-order chi connectivity index (χ0) is 7.97. The molecule has 3 heterocycles. The van der Waals surface area contributed by atoms with Crippen LogP contribution in [0.1, 0.15) is 6.42 Å². The van der Waals surface area contributed by atoms with Crippen LogP contribution in [0.4, 0.5) is 0 Å². The Morgan fingerprint density at radius 1 is 1.08 bits per heavy atom. The molecule has 0 spiro atoms. The maximum absolute atomic E-state index is 2.23. The average molecular weight is 330 g/mol. The van der Waals surface area contributed by atoms with Crippen molar-refractivity contribution < 1.29 is 0 Å². The maximum atomic E-state index is 2.23. The van der Waals surface area contributed by atoms with Crippen LogP contribution in [0.2, 0.25) is 13.9 Å². The Hall–Kier alpha value is 1.74. The molecule has 0 aromatic heterocycles. The number of hydrogen-bond donors (Lipinski definition) is 0. The first kappa shape index (κ1) is 9.00. The van der Waals surface area contributed by atoms with Crippen molar-refractivity contribution in [1.29, 1.82) is 0 Å². The van der Waals surface area contributed by atoms with Gasteiger partial charge in [0.15, 0.2) is 0 Å². The van der Waals surface area contributed by atoms with Gasteiger partial charge in [-0.15, -0.1) is 0 Å². The Kier molecular flexibility index (Phi) is 2.79. The molecule has 0 amide bonds. The predicted octanol–water partition coefficient (Wildman–Crippen LogP) is 1.98. The van der Waals surface area contributed by atoms with E-state index in [0.717, 1.165) is 40.4 Å². The predicted molar refractivity (Wildman–Crippen MR) is 60.9 cm³/mol. The SMILES string of the molecule is C1CC(C2CS2)[Se]C(C2CS2)[Se]1. The van der Waals surface area contributed by atoms with Crippen LogP contribution in [-0.2, 0) is 0 Å². The van der Waals surface area contributed by atoms with Gasteiger partial charge in [0.25, 0.3) is 0 Å². The molecule has 4 atom stereocenters. The summed E-state index contributed by atoms with van der Waals surface area (Å²) >= 11 is 6.55. The van der Waals surface area contributed by atoms with Gasteiger partial charge >= 0.3 is 95.7 Å². The van der Waals surface area contributed by atoms with Gasteiger partial charge in [-0.25, -0.2) is 0 Å². The second kappa shape index (κ2) is 3.71. The topological polar surface area (TPSA) is 0 Å². The molecule has 3 aliphatic rings. The molecule has 3 saturated heterocycles. The van der Waals surface area contributed by atoms with Crippen molar-refractivity contribution in [3.05, 3.63) is 0 Å². The molecule has 12 heavy (non-hydrogen) atoms. The Labute approximate surface area is 95.1 Å². The van der Waals surface area contributed by atoms with E-state index in [1.165, 1.54) is 20.0 Å². The molecule has 0 aromatic rings. The molecule has 3 rings (SSSR count). The molecule has 4 heteroatoms. The first-order chi connectivity index (χ1) is 5.93. The van der Waals surface area contributed by atoms with E-state index in [-0.39, 0.29) is 0 Å². The monoisotopic (exact) mass is 332 g/mol. The summed E-state index contributed by atoms with van der Waals surface area (Å²) in [5.74, 6) is 3.02. The van der Waals surface area contributed by atoms with E-state index in [2.05, 4.69) is 23.5 Å². The van der Waals surface area contributed by atoms with Crippen molar-refractivity contribution >= 4 is 53.4 Å². The summed E-state index contributed by atoms with van der Waals surface area (Å²) in [5, 5.41) is 3.89. The van der Waals surface area contributed by atoms with Gasteiger partial charge in [-0.05, 0) is 0 Å². The van der Waals surface area contributed by atoms with Gasteiger partial charge < -0.3 is 0 Å². The van der Waals surface area contributed by atoms with Crippen LogP contribution in [-0.4, -0.2) is 51.9 Å². The van der Waals surface area contributed by atoms with Gasteiger partial charge in [0, 0.05) is 0 Å². The van der Waals surface area contributed by atoms with Crippen LogP contribution in [0.3, 0.4) is 0 Å². The van der Waals surface area contributed by atoms with E-state index in [9.17, 15) is 0 Å². The second-order valence-corrected chi connectivity index (χ2v) is 13.0. The van der Waals surface area contributed by atoms with E-state index in [1.807, 2.05) is 0 Å². The van der Waals surface area contributed by atoms with Gasteiger partial charge in [-0.1, -0.05) is 0 Å². The summed E-state index contributed by atoms with van der Waals surface area (Å²) in [6, 6.07) is 0. The normalized spacial score (nSPS) is 52.0. The summed E-state index contributed by atoms with van der Waals surface area (Å²) in [5.41, 5.74) is 0. The molecule has 0 radical (unpaired) electrons. The Morgan fingerprint density at radius 2 is 1.83 bits per heavy atom. The van der Waals surface area contributed by atoms with Crippen LogP contribution in [0, 0.1) is 0 Å². The fraction of sp³-hybridized carbons (Fsp3) is 1.00. The Morgan fingerprint density at radius 3 is 2.50 bits per heavy atom. The fourth-order valence-electron chi connectivity index (χ4n) is 1.53. The zero-order valence-corrected chi connectivity index (χ0v) is 11.8. The molecule has 68 valence electrons.